The summed E-state index contributed by atoms with van der Waals surface area (Å²) in [6.45, 7) is 4.02. The first-order chi connectivity index (χ1) is 15.4. The van der Waals surface area contributed by atoms with Crippen LogP contribution in [0.5, 0.6) is 0 Å². The standard InChI is InChI=1S/C22H18F7N3O2/c1-11-9-12(20(23,21(24,25)26)22(27,28)29)7-8-15(11)32-18(34)13-5-4-6-14(16(13)17(31)33)19(2,3)10-30/h4-9H,1-3H3,(H2,31,33)(H,32,34). The van der Waals surface area contributed by atoms with E-state index in [1.807, 2.05) is 6.07 Å². The van der Waals surface area contributed by atoms with Crippen LogP contribution in [0.25, 0.3) is 0 Å². The van der Waals surface area contributed by atoms with E-state index in [9.17, 15) is 45.6 Å². The number of amides is 2. The summed E-state index contributed by atoms with van der Waals surface area (Å²) in [7, 11) is 0. The lowest BCUT2D eigenvalue weighted by atomic mass is 9.81. The Morgan fingerprint density at radius 2 is 1.53 bits per heavy atom. The molecule has 3 N–H and O–H groups in total. The van der Waals surface area contributed by atoms with Crippen molar-refractivity contribution in [3.05, 3.63) is 64.2 Å². The molecule has 34 heavy (non-hydrogen) atoms. The molecule has 12 heteroatoms. The number of carbonyl (C=O) groups is 2. The molecule has 0 bridgehead atoms. The van der Waals surface area contributed by atoms with Crippen molar-refractivity contribution in [1.29, 1.82) is 5.26 Å². The Morgan fingerprint density at radius 1 is 0.971 bits per heavy atom. The van der Waals surface area contributed by atoms with Crippen LogP contribution in [0.3, 0.4) is 0 Å². The van der Waals surface area contributed by atoms with Crippen LogP contribution in [-0.4, -0.2) is 24.2 Å². The van der Waals surface area contributed by atoms with Crippen LogP contribution in [0.4, 0.5) is 36.4 Å². The van der Waals surface area contributed by atoms with Gasteiger partial charge in [-0.05, 0) is 44.0 Å². The largest absolute Gasteiger partial charge is 0.435 e. The fourth-order valence-corrected chi connectivity index (χ4v) is 3.28. The molecule has 2 rings (SSSR count). The first-order valence-corrected chi connectivity index (χ1v) is 9.48. The molecular weight excluding hydrogens is 471 g/mol. The first-order valence-electron chi connectivity index (χ1n) is 9.48. The number of halogens is 7. The Balaban J connectivity index is 2.54. The molecule has 2 aromatic carbocycles. The Morgan fingerprint density at radius 3 is 1.97 bits per heavy atom. The summed E-state index contributed by atoms with van der Waals surface area (Å²) in [5.74, 6) is -2.01. The molecule has 182 valence electrons. The van der Waals surface area contributed by atoms with E-state index in [-0.39, 0.29) is 34.0 Å². The van der Waals surface area contributed by atoms with Crippen molar-refractivity contribution in [2.45, 2.75) is 44.2 Å². The summed E-state index contributed by atoms with van der Waals surface area (Å²) in [6.07, 6.45) is -12.6. The fourth-order valence-electron chi connectivity index (χ4n) is 3.28. The molecule has 0 fully saturated rings. The van der Waals surface area contributed by atoms with Gasteiger partial charge in [-0.3, -0.25) is 9.59 Å². The highest BCUT2D eigenvalue weighted by atomic mass is 19.4. The molecule has 0 aliphatic carbocycles. The van der Waals surface area contributed by atoms with Gasteiger partial charge in [0.15, 0.2) is 0 Å². The SMILES string of the molecule is Cc1cc(C(F)(C(F)(F)F)C(F)(F)F)ccc1NC(=O)c1cccc(C(C)(C)C#N)c1C(N)=O. The van der Waals surface area contributed by atoms with E-state index in [0.717, 1.165) is 6.92 Å². The molecule has 2 aromatic rings. The van der Waals surface area contributed by atoms with Gasteiger partial charge in [-0.15, -0.1) is 0 Å². The Labute approximate surface area is 189 Å². The molecule has 0 radical (unpaired) electrons. The van der Waals surface area contributed by atoms with Crippen LogP contribution in [-0.2, 0) is 11.1 Å². The third kappa shape index (κ3) is 4.55. The molecule has 0 heterocycles. The fraction of sp³-hybridized carbons (Fsp3) is 0.318. The lowest BCUT2D eigenvalue weighted by Crippen LogP contribution is -2.50. The minimum atomic E-state index is -6.28. The second-order valence-corrected chi connectivity index (χ2v) is 7.97. The van der Waals surface area contributed by atoms with Crippen LogP contribution in [0.15, 0.2) is 36.4 Å². The van der Waals surface area contributed by atoms with Gasteiger partial charge in [0.1, 0.15) is 0 Å². The van der Waals surface area contributed by atoms with Gasteiger partial charge in [0.25, 0.3) is 5.91 Å². The van der Waals surface area contributed by atoms with E-state index in [4.69, 9.17) is 5.73 Å². The third-order valence-corrected chi connectivity index (χ3v) is 5.16. The van der Waals surface area contributed by atoms with Crippen molar-refractivity contribution in [2.75, 3.05) is 5.32 Å². The average molecular weight is 489 g/mol. The third-order valence-electron chi connectivity index (χ3n) is 5.16. The molecule has 0 aliphatic rings. The molecule has 0 atom stereocenters. The van der Waals surface area contributed by atoms with E-state index >= 15 is 0 Å². The molecule has 0 aromatic heterocycles. The number of primary amides is 1. The number of hydrogen-bond acceptors (Lipinski definition) is 3. The summed E-state index contributed by atoms with van der Waals surface area (Å²) in [6, 6.07) is 7.21. The number of benzene rings is 2. The molecule has 2 amide bonds. The predicted molar refractivity (Wildman–Crippen MR) is 108 cm³/mol. The highest BCUT2D eigenvalue weighted by Gasteiger charge is 2.73. The molecule has 0 unspecified atom stereocenters. The van der Waals surface area contributed by atoms with Crippen molar-refractivity contribution < 1.29 is 40.3 Å². The summed E-state index contributed by atoms with van der Waals surface area (Å²) in [5, 5.41) is 11.6. The van der Waals surface area contributed by atoms with Gasteiger partial charge >= 0.3 is 18.0 Å². The zero-order chi connectivity index (χ0) is 26.3. The van der Waals surface area contributed by atoms with Crippen LogP contribution in [0.2, 0.25) is 0 Å². The monoisotopic (exact) mass is 489 g/mol. The van der Waals surface area contributed by atoms with E-state index < -0.39 is 40.8 Å². The van der Waals surface area contributed by atoms with Gasteiger partial charge < -0.3 is 11.1 Å². The number of aryl methyl sites for hydroxylation is 1. The summed E-state index contributed by atoms with van der Waals surface area (Å²) < 4.78 is 92.3. The maximum Gasteiger partial charge on any atom is 0.435 e. The summed E-state index contributed by atoms with van der Waals surface area (Å²) in [4.78, 5) is 24.9. The van der Waals surface area contributed by atoms with Gasteiger partial charge in [-0.2, -0.15) is 31.6 Å². The molecule has 0 saturated carbocycles. The first kappa shape index (κ1) is 26.6. The van der Waals surface area contributed by atoms with E-state index in [2.05, 4.69) is 5.32 Å². The lowest BCUT2D eigenvalue weighted by molar-refractivity contribution is -0.348. The number of anilines is 1. The number of carbonyl (C=O) groups excluding carboxylic acids is 2. The molecule has 0 saturated heterocycles. The van der Waals surface area contributed by atoms with Crippen LogP contribution in [0.1, 0.15) is 51.3 Å². The number of nitrogens with zero attached hydrogens (tertiary/aromatic N) is 1. The number of nitriles is 1. The number of alkyl halides is 7. The highest BCUT2D eigenvalue weighted by molar-refractivity contribution is 6.12. The summed E-state index contributed by atoms with van der Waals surface area (Å²) >= 11 is 0. The van der Waals surface area contributed by atoms with Crippen LogP contribution >= 0.6 is 0 Å². The second-order valence-electron chi connectivity index (χ2n) is 7.97. The Bertz CT molecular complexity index is 1160. The van der Waals surface area contributed by atoms with Crippen molar-refractivity contribution in [3.63, 3.8) is 0 Å². The number of nitrogens with two attached hydrogens (primary N) is 1. The Kier molecular flexibility index (Phi) is 6.76. The number of nitrogens with one attached hydrogen (secondary N) is 1. The van der Waals surface area contributed by atoms with Gasteiger partial charge in [0, 0.05) is 11.3 Å². The van der Waals surface area contributed by atoms with E-state index in [1.165, 1.54) is 32.0 Å². The molecule has 0 aliphatic heterocycles. The molecule has 5 nitrogen and oxygen atoms in total. The zero-order valence-corrected chi connectivity index (χ0v) is 18.0. The topological polar surface area (TPSA) is 96.0 Å². The van der Waals surface area contributed by atoms with Crippen LogP contribution in [0, 0.1) is 18.3 Å². The Hall–Kier alpha value is -3.62. The average Bonchev–Trinajstić information content (AvgIpc) is 2.72. The predicted octanol–water partition coefficient (Wildman–Crippen LogP) is 5.44. The normalized spacial score (nSPS) is 12.7. The minimum Gasteiger partial charge on any atom is -0.366 e. The minimum absolute atomic E-state index is 0.139. The lowest BCUT2D eigenvalue weighted by Gasteiger charge is -2.30. The summed E-state index contributed by atoms with van der Waals surface area (Å²) in [5.41, 5.74) is -4.12. The second kappa shape index (κ2) is 8.62. The van der Waals surface area contributed by atoms with Gasteiger partial charge in [-0.1, -0.05) is 24.3 Å². The maximum atomic E-state index is 14.3. The van der Waals surface area contributed by atoms with Gasteiger partial charge in [0.05, 0.1) is 22.6 Å². The van der Waals surface area contributed by atoms with Crippen molar-refractivity contribution in [1.82, 2.24) is 0 Å². The van der Waals surface area contributed by atoms with Crippen molar-refractivity contribution >= 4 is 17.5 Å². The molecule has 0 spiro atoms. The molecular formula is C22H18F7N3O2. The number of rotatable bonds is 5. The van der Waals surface area contributed by atoms with Gasteiger partial charge in [0.2, 0.25) is 5.91 Å². The van der Waals surface area contributed by atoms with Gasteiger partial charge in [-0.25, -0.2) is 4.39 Å². The number of hydrogen-bond donors (Lipinski definition) is 2. The zero-order valence-electron chi connectivity index (χ0n) is 18.0. The van der Waals surface area contributed by atoms with Crippen molar-refractivity contribution in [3.8, 4) is 6.07 Å². The quantitative estimate of drug-likeness (QED) is 0.548. The van der Waals surface area contributed by atoms with Crippen molar-refractivity contribution in [2.24, 2.45) is 5.73 Å². The highest BCUT2D eigenvalue weighted by Crippen LogP contribution is 2.53. The van der Waals surface area contributed by atoms with E-state index in [1.54, 1.807) is 0 Å². The smallest absolute Gasteiger partial charge is 0.366 e. The maximum absolute atomic E-state index is 14.3. The van der Waals surface area contributed by atoms with E-state index in [0.29, 0.717) is 12.1 Å². The van der Waals surface area contributed by atoms with Crippen LogP contribution < -0.4 is 11.1 Å².